The van der Waals surface area contributed by atoms with Gasteiger partial charge in [-0.1, -0.05) is 0 Å². The van der Waals surface area contributed by atoms with E-state index in [1.165, 1.54) is 0 Å². The molecule has 0 aliphatic heterocycles. The predicted octanol–water partition coefficient (Wildman–Crippen LogP) is 4.56. The van der Waals surface area contributed by atoms with Gasteiger partial charge in [0, 0.05) is 12.8 Å². The summed E-state index contributed by atoms with van der Waals surface area (Å²) in [5.74, 6) is 1.98. The summed E-state index contributed by atoms with van der Waals surface area (Å²) in [6, 6.07) is 16.2. The standard InChI is InChI=1S/C23H25N3O4/c1-4-29-17-9-11-19(12-10-17)30-18-7-5-16(6-8-18)25-23(27)20-13-15(2)21(14-28-3)26-22(20)24/h5-13H,4,14H2,1-3H3,(H2,24,26)(H,25,27). The molecule has 0 aliphatic carbocycles. The third-order valence-electron chi connectivity index (χ3n) is 4.36. The largest absolute Gasteiger partial charge is 0.494 e. The average molecular weight is 407 g/mol. The molecule has 3 N–H and O–H groups in total. The van der Waals surface area contributed by atoms with Crippen molar-refractivity contribution in [1.29, 1.82) is 0 Å². The second-order valence-electron chi connectivity index (χ2n) is 6.60. The zero-order chi connectivity index (χ0) is 21.5. The molecule has 0 unspecified atom stereocenters. The Morgan fingerprint density at radius 3 is 2.23 bits per heavy atom. The summed E-state index contributed by atoms with van der Waals surface area (Å²) >= 11 is 0. The molecule has 1 heterocycles. The van der Waals surface area contributed by atoms with Crippen LogP contribution in [0, 0.1) is 6.92 Å². The van der Waals surface area contributed by atoms with Gasteiger partial charge in [0.15, 0.2) is 0 Å². The van der Waals surface area contributed by atoms with E-state index in [1.807, 2.05) is 38.1 Å². The molecule has 0 radical (unpaired) electrons. The van der Waals surface area contributed by atoms with Crippen LogP contribution >= 0.6 is 0 Å². The van der Waals surface area contributed by atoms with Gasteiger partial charge >= 0.3 is 0 Å². The highest BCUT2D eigenvalue weighted by molar-refractivity contribution is 6.07. The Morgan fingerprint density at radius 2 is 1.63 bits per heavy atom. The number of methoxy groups -OCH3 is 1. The number of amides is 1. The van der Waals surface area contributed by atoms with E-state index in [0.717, 1.165) is 11.3 Å². The number of carbonyl (C=O) groups is 1. The lowest BCUT2D eigenvalue weighted by atomic mass is 10.1. The van der Waals surface area contributed by atoms with Crippen molar-refractivity contribution < 1.29 is 19.0 Å². The maximum Gasteiger partial charge on any atom is 0.259 e. The van der Waals surface area contributed by atoms with E-state index in [0.29, 0.717) is 41.7 Å². The smallest absolute Gasteiger partial charge is 0.259 e. The van der Waals surface area contributed by atoms with Crippen LogP contribution in [-0.4, -0.2) is 24.6 Å². The molecule has 0 bridgehead atoms. The second-order valence-corrected chi connectivity index (χ2v) is 6.60. The lowest BCUT2D eigenvalue weighted by Gasteiger charge is -2.12. The van der Waals surface area contributed by atoms with Crippen molar-refractivity contribution >= 4 is 17.4 Å². The third-order valence-corrected chi connectivity index (χ3v) is 4.36. The van der Waals surface area contributed by atoms with Crippen molar-refractivity contribution in [3.63, 3.8) is 0 Å². The molecule has 1 amide bonds. The number of anilines is 2. The Labute approximate surface area is 175 Å². The molecule has 156 valence electrons. The van der Waals surface area contributed by atoms with Crippen molar-refractivity contribution in [3.05, 3.63) is 71.4 Å². The fourth-order valence-corrected chi connectivity index (χ4v) is 2.84. The first-order valence-corrected chi connectivity index (χ1v) is 9.57. The van der Waals surface area contributed by atoms with Gasteiger partial charge in [-0.2, -0.15) is 0 Å². The topological polar surface area (TPSA) is 95.7 Å². The molecule has 0 saturated heterocycles. The van der Waals surface area contributed by atoms with Crippen LogP contribution in [0.2, 0.25) is 0 Å². The van der Waals surface area contributed by atoms with E-state index in [9.17, 15) is 4.79 Å². The molecule has 2 aromatic carbocycles. The highest BCUT2D eigenvalue weighted by Gasteiger charge is 2.14. The minimum absolute atomic E-state index is 0.167. The number of aromatic nitrogens is 1. The summed E-state index contributed by atoms with van der Waals surface area (Å²) < 4.78 is 16.3. The summed E-state index contributed by atoms with van der Waals surface area (Å²) in [6.07, 6.45) is 0. The van der Waals surface area contributed by atoms with Crippen molar-refractivity contribution in [2.24, 2.45) is 0 Å². The van der Waals surface area contributed by atoms with Gasteiger partial charge in [0.2, 0.25) is 0 Å². The van der Waals surface area contributed by atoms with Crippen molar-refractivity contribution in [3.8, 4) is 17.2 Å². The van der Waals surface area contributed by atoms with Gasteiger partial charge < -0.3 is 25.3 Å². The van der Waals surface area contributed by atoms with E-state index in [2.05, 4.69) is 10.3 Å². The number of ether oxygens (including phenoxy) is 3. The van der Waals surface area contributed by atoms with E-state index < -0.39 is 0 Å². The van der Waals surface area contributed by atoms with Gasteiger partial charge in [0.05, 0.1) is 24.5 Å². The van der Waals surface area contributed by atoms with Crippen molar-refractivity contribution in [2.75, 3.05) is 24.8 Å². The lowest BCUT2D eigenvalue weighted by Crippen LogP contribution is -2.16. The Balaban J connectivity index is 1.65. The van der Waals surface area contributed by atoms with Gasteiger partial charge in [-0.15, -0.1) is 0 Å². The SMILES string of the molecule is CCOc1ccc(Oc2ccc(NC(=O)c3cc(C)c(COC)nc3N)cc2)cc1. The molecule has 7 heteroatoms. The van der Waals surface area contributed by atoms with Crippen LogP contribution in [0.5, 0.6) is 17.2 Å². The number of nitrogens with one attached hydrogen (secondary N) is 1. The number of hydrogen-bond donors (Lipinski definition) is 2. The molecule has 0 atom stereocenters. The Hall–Kier alpha value is -3.58. The Morgan fingerprint density at radius 1 is 1.03 bits per heavy atom. The summed E-state index contributed by atoms with van der Waals surface area (Å²) in [4.78, 5) is 16.9. The first-order valence-electron chi connectivity index (χ1n) is 9.57. The molecule has 0 saturated carbocycles. The zero-order valence-electron chi connectivity index (χ0n) is 17.3. The number of aryl methyl sites for hydroxylation is 1. The van der Waals surface area contributed by atoms with Gasteiger partial charge in [0.25, 0.3) is 5.91 Å². The maximum absolute atomic E-state index is 12.6. The van der Waals surface area contributed by atoms with Crippen LogP contribution in [0.4, 0.5) is 11.5 Å². The molecule has 3 rings (SSSR count). The van der Waals surface area contributed by atoms with Crippen molar-refractivity contribution in [1.82, 2.24) is 4.98 Å². The van der Waals surface area contributed by atoms with Gasteiger partial charge in [0.1, 0.15) is 23.1 Å². The molecular formula is C23H25N3O4. The van der Waals surface area contributed by atoms with Crippen LogP contribution in [-0.2, 0) is 11.3 Å². The van der Waals surface area contributed by atoms with Crippen LogP contribution in [0.3, 0.4) is 0 Å². The summed E-state index contributed by atoms with van der Waals surface area (Å²) in [5, 5.41) is 2.83. The fraction of sp³-hybridized carbons (Fsp3) is 0.217. The van der Waals surface area contributed by atoms with E-state index in [4.69, 9.17) is 19.9 Å². The number of rotatable bonds is 8. The molecule has 0 aliphatic rings. The monoisotopic (exact) mass is 407 g/mol. The van der Waals surface area contributed by atoms with Crippen LogP contribution in [0.1, 0.15) is 28.5 Å². The molecule has 1 aromatic heterocycles. The minimum atomic E-state index is -0.327. The normalized spacial score (nSPS) is 10.5. The van der Waals surface area contributed by atoms with E-state index >= 15 is 0 Å². The zero-order valence-corrected chi connectivity index (χ0v) is 17.3. The Kier molecular flexibility index (Phi) is 6.87. The first-order chi connectivity index (χ1) is 14.5. The number of nitrogen functional groups attached to an aromatic ring is 1. The van der Waals surface area contributed by atoms with Gasteiger partial charge in [-0.25, -0.2) is 4.98 Å². The summed E-state index contributed by atoms with van der Waals surface area (Å²) in [7, 11) is 1.58. The predicted molar refractivity (Wildman–Crippen MR) is 116 cm³/mol. The average Bonchev–Trinajstić information content (AvgIpc) is 2.73. The number of nitrogens with zero attached hydrogens (tertiary/aromatic N) is 1. The molecule has 30 heavy (non-hydrogen) atoms. The third kappa shape index (κ3) is 5.27. The minimum Gasteiger partial charge on any atom is -0.494 e. The van der Waals surface area contributed by atoms with Crippen LogP contribution < -0.4 is 20.5 Å². The maximum atomic E-state index is 12.6. The highest BCUT2D eigenvalue weighted by atomic mass is 16.5. The van der Waals surface area contributed by atoms with E-state index in [1.54, 1.807) is 37.4 Å². The molecular weight excluding hydrogens is 382 g/mol. The second kappa shape index (κ2) is 9.76. The molecule has 0 fully saturated rings. The number of nitrogens with two attached hydrogens (primary N) is 1. The van der Waals surface area contributed by atoms with Gasteiger partial charge in [-0.05, 0) is 74.0 Å². The molecule has 7 nitrogen and oxygen atoms in total. The first kappa shape index (κ1) is 21.1. The number of pyridine rings is 1. The molecule has 3 aromatic rings. The van der Waals surface area contributed by atoms with Gasteiger partial charge in [-0.3, -0.25) is 4.79 Å². The lowest BCUT2D eigenvalue weighted by molar-refractivity contribution is 0.102. The fourth-order valence-electron chi connectivity index (χ4n) is 2.84. The quantitative estimate of drug-likeness (QED) is 0.568. The van der Waals surface area contributed by atoms with Crippen LogP contribution in [0.25, 0.3) is 0 Å². The van der Waals surface area contributed by atoms with E-state index in [-0.39, 0.29) is 11.7 Å². The number of benzene rings is 2. The number of carbonyl (C=O) groups excluding carboxylic acids is 1. The summed E-state index contributed by atoms with van der Waals surface area (Å²) in [5.41, 5.74) is 8.46. The number of hydrogen-bond acceptors (Lipinski definition) is 6. The Bertz CT molecular complexity index is 1000. The van der Waals surface area contributed by atoms with Crippen molar-refractivity contribution in [2.45, 2.75) is 20.5 Å². The molecule has 0 spiro atoms. The summed E-state index contributed by atoms with van der Waals surface area (Å²) in [6.45, 7) is 4.76. The highest BCUT2D eigenvalue weighted by Crippen LogP contribution is 2.25. The van der Waals surface area contributed by atoms with Crippen LogP contribution in [0.15, 0.2) is 54.6 Å².